The van der Waals surface area contributed by atoms with Crippen LogP contribution in [0.15, 0.2) is 66.0 Å². The summed E-state index contributed by atoms with van der Waals surface area (Å²) in [6.07, 6.45) is 0.986. The number of nitrogens with one attached hydrogen (secondary N) is 3. The highest BCUT2D eigenvalue weighted by molar-refractivity contribution is 7.09. The monoisotopic (exact) mass is 569 g/mol. The fourth-order valence-corrected chi connectivity index (χ4v) is 5.18. The number of thiazole rings is 1. The number of hydroxylamine groups is 4. The summed E-state index contributed by atoms with van der Waals surface area (Å²) in [5.41, 5.74) is 9.64. The van der Waals surface area contributed by atoms with Crippen LogP contribution >= 0.6 is 11.3 Å². The summed E-state index contributed by atoms with van der Waals surface area (Å²) in [7, 11) is 3.76. The van der Waals surface area contributed by atoms with Crippen LogP contribution in [0.4, 0.5) is 0 Å². The Morgan fingerprint density at radius 2 is 1.55 bits per heavy atom. The number of aliphatic hydroxyl groups is 1. The molecule has 0 amide bonds. The fraction of sp³-hybridized carbons (Fsp3) is 0.516. The second kappa shape index (κ2) is 16.9. The van der Waals surface area contributed by atoms with Gasteiger partial charge >= 0.3 is 0 Å². The average Bonchev–Trinajstić information content (AvgIpc) is 3.41. The van der Waals surface area contributed by atoms with Gasteiger partial charge in [-0.25, -0.2) is 9.92 Å². The molecule has 1 aromatic heterocycles. The van der Waals surface area contributed by atoms with Gasteiger partial charge in [0.15, 0.2) is 6.23 Å². The SMILES string of the molecule is CNC(Cc1ccccc1)C(O)CC(Cc1ccccc1)NOC(NON(C)Cc1csc(C(C)C)n1)C(C)C. The standard InChI is InChI=1S/C31H47N5O3S/c1-22(2)30(35-39-36(6)20-27-21-40-31(33-27)23(3)4)38-34-26(17-24-13-9-7-10-14-24)19-29(37)28(32-5)18-25-15-11-8-12-16-25/h7-16,21-23,26,28-30,32,34-35,37H,17-20H2,1-6H3. The highest BCUT2D eigenvalue weighted by Gasteiger charge is 2.25. The fourth-order valence-electron chi connectivity index (χ4n) is 4.35. The van der Waals surface area contributed by atoms with Gasteiger partial charge in [-0.2, -0.15) is 16.0 Å². The summed E-state index contributed by atoms with van der Waals surface area (Å²) in [4.78, 5) is 16.6. The van der Waals surface area contributed by atoms with Crippen LogP contribution in [0.5, 0.6) is 0 Å². The first kappa shape index (κ1) is 32.3. The Morgan fingerprint density at radius 1 is 0.925 bits per heavy atom. The van der Waals surface area contributed by atoms with Crippen molar-refractivity contribution in [1.82, 2.24) is 26.3 Å². The molecule has 0 aliphatic carbocycles. The lowest BCUT2D eigenvalue weighted by molar-refractivity contribution is -0.257. The van der Waals surface area contributed by atoms with Gasteiger partial charge in [-0.3, -0.25) is 4.84 Å². The van der Waals surface area contributed by atoms with Crippen LogP contribution < -0.4 is 16.3 Å². The van der Waals surface area contributed by atoms with Gasteiger partial charge in [-0.05, 0) is 43.4 Å². The van der Waals surface area contributed by atoms with Crippen molar-refractivity contribution in [1.29, 1.82) is 0 Å². The van der Waals surface area contributed by atoms with Gasteiger partial charge in [0, 0.05) is 30.4 Å². The first-order valence-corrected chi connectivity index (χ1v) is 15.0. The van der Waals surface area contributed by atoms with Crippen LogP contribution in [0.25, 0.3) is 0 Å². The van der Waals surface area contributed by atoms with Crippen molar-refractivity contribution in [3.63, 3.8) is 0 Å². The molecular formula is C31H47N5O3S. The van der Waals surface area contributed by atoms with Crippen molar-refractivity contribution in [2.75, 3.05) is 14.1 Å². The maximum Gasteiger partial charge on any atom is 0.155 e. The zero-order valence-electron chi connectivity index (χ0n) is 24.7. The number of benzene rings is 2. The minimum Gasteiger partial charge on any atom is -0.391 e. The van der Waals surface area contributed by atoms with Crippen LogP contribution in [0.3, 0.4) is 0 Å². The molecule has 0 saturated heterocycles. The van der Waals surface area contributed by atoms with Gasteiger partial charge in [0.1, 0.15) is 0 Å². The Bertz CT molecular complexity index is 1080. The van der Waals surface area contributed by atoms with Crippen LogP contribution in [0.2, 0.25) is 0 Å². The van der Waals surface area contributed by atoms with Crippen molar-refractivity contribution in [2.24, 2.45) is 5.92 Å². The summed E-state index contributed by atoms with van der Waals surface area (Å²) in [5.74, 6) is 0.537. The minimum atomic E-state index is -0.572. The van der Waals surface area contributed by atoms with Crippen molar-refractivity contribution >= 4 is 11.3 Å². The number of nitrogens with zero attached hydrogens (tertiary/aromatic N) is 2. The maximum absolute atomic E-state index is 11.2. The molecule has 0 fully saturated rings. The molecule has 8 nitrogen and oxygen atoms in total. The Kier molecular flexibility index (Phi) is 13.7. The van der Waals surface area contributed by atoms with Crippen molar-refractivity contribution in [3.8, 4) is 0 Å². The van der Waals surface area contributed by atoms with Crippen LogP contribution in [0.1, 0.15) is 61.9 Å². The topological polar surface area (TPSA) is 90.9 Å². The van der Waals surface area contributed by atoms with E-state index in [1.807, 2.05) is 50.5 Å². The minimum absolute atomic E-state index is 0.0830. The van der Waals surface area contributed by atoms with E-state index in [0.717, 1.165) is 17.1 Å². The molecule has 0 radical (unpaired) electrons. The molecule has 4 N–H and O–H groups in total. The van der Waals surface area contributed by atoms with Gasteiger partial charge in [0.2, 0.25) is 0 Å². The Hall–Kier alpha value is -2.21. The molecule has 1 heterocycles. The number of aromatic nitrogens is 1. The van der Waals surface area contributed by atoms with E-state index in [4.69, 9.17) is 9.78 Å². The zero-order chi connectivity index (χ0) is 28.9. The molecule has 4 atom stereocenters. The Labute approximate surface area is 244 Å². The molecule has 3 aromatic rings. The average molecular weight is 570 g/mol. The van der Waals surface area contributed by atoms with Gasteiger partial charge in [0.05, 0.1) is 23.4 Å². The number of hydrogen-bond donors (Lipinski definition) is 4. The molecule has 4 unspecified atom stereocenters. The summed E-state index contributed by atoms with van der Waals surface area (Å²) in [5, 5.41) is 19.4. The van der Waals surface area contributed by atoms with E-state index < -0.39 is 12.3 Å². The molecular weight excluding hydrogens is 522 g/mol. The summed E-state index contributed by atoms with van der Waals surface area (Å²) in [6, 6.07) is 20.3. The van der Waals surface area contributed by atoms with Gasteiger partial charge < -0.3 is 10.4 Å². The van der Waals surface area contributed by atoms with E-state index in [1.54, 1.807) is 16.4 Å². The van der Waals surface area contributed by atoms with E-state index in [9.17, 15) is 5.11 Å². The molecule has 0 bridgehead atoms. The maximum atomic E-state index is 11.2. The molecule has 0 spiro atoms. The molecule has 0 saturated carbocycles. The third-order valence-electron chi connectivity index (χ3n) is 6.72. The van der Waals surface area contributed by atoms with Crippen LogP contribution in [-0.4, -0.2) is 53.7 Å². The predicted octanol–water partition coefficient (Wildman–Crippen LogP) is 4.83. The number of likely N-dealkylation sites (N-methyl/N-ethyl adjacent to an activating group) is 1. The van der Waals surface area contributed by atoms with Gasteiger partial charge in [-0.15, -0.1) is 11.3 Å². The second-order valence-corrected chi connectivity index (χ2v) is 11.9. The molecule has 0 aliphatic rings. The summed E-state index contributed by atoms with van der Waals surface area (Å²) >= 11 is 1.68. The summed E-state index contributed by atoms with van der Waals surface area (Å²) < 4.78 is 0. The Balaban J connectivity index is 1.58. The molecule has 2 aromatic carbocycles. The smallest absolute Gasteiger partial charge is 0.155 e. The highest BCUT2D eigenvalue weighted by Crippen LogP contribution is 2.20. The molecule has 9 heteroatoms. The van der Waals surface area contributed by atoms with E-state index >= 15 is 0 Å². The number of aliphatic hydroxyl groups excluding tert-OH is 1. The van der Waals surface area contributed by atoms with Crippen molar-refractivity contribution in [3.05, 3.63) is 87.9 Å². The second-order valence-electron chi connectivity index (χ2n) is 11.0. The number of rotatable bonds is 18. The lowest BCUT2D eigenvalue weighted by Crippen LogP contribution is -2.48. The third kappa shape index (κ3) is 11.0. The molecule has 0 aliphatic heterocycles. The first-order valence-electron chi connectivity index (χ1n) is 14.2. The summed E-state index contributed by atoms with van der Waals surface area (Å²) in [6.45, 7) is 8.98. The van der Waals surface area contributed by atoms with Crippen molar-refractivity contribution < 1.29 is 14.9 Å². The van der Waals surface area contributed by atoms with E-state index in [2.05, 4.69) is 78.6 Å². The normalized spacial score (nSPS) is 15.1. The van der Waals surface area contributed by atoms with Crippen LogP contribution in [-0.2, 0) is 29.2 Å². The third-order valence-corrected chi connectivity index (χ3v) is 7.92. The van der Waals surface area contributed by atoms with Gasteiger partial charge in [-0.1, -0.05) is 88.4 Å². The molecule has 220 valence electrons. The molecule has 3 rings (SSSR count). The van der Waals surface area contributed by atoms with Gasteiger partial charge in [0.25, 0.3) is 0 Å². The Morgan fingerprint density at radius 3 is 2.10 bits per heavy atom. The lowest BCUT2D eigenvalue weighted by atomic mass is 9.94. The van der Waals surface area contributed by atoms with Crippen LogP contribution in [0, 0.1) is 5.92 Å². The lowest BCUT2D eigenvalue weighted by Gasteiger charge is -2.30. The van der Waals surface area contributed by atoms with E-state index in [0.29, 0.717) is 25.3 Å². The molecule has 40 heavy (non-hydrogen) atoms. The number of hydrogen-bond acceptors (Lipinski definition) is 9. The largest absolute Gasteiger partial charge is 0.391 e. The van der Waals surface area contributed by atoms with Crippen molar-refractivity contribution in [2.45, 2.75) is 83.8 Å². The first-order chi connectivity index (χ1) is 19.2. The predicted molar refractivity (Wildman–Crippen MR) is 162 cm³/mol. The van der Waals surface area contributed by atoms with E-state index in [-0.39, 0.29) is 18.0 Å². The highest BCUT2D eigenvalue weighted by atomic mass is 32.1. The quantitative estimate of drug-likeness (QED) is 0.128. The van der Waals surface area contributed by atoms with E-state index in [1.165, 1.54) is 11.1 Å². The zero-order valence-corrected chi connectivity index (χ0v) is 25.5.